The summed E-state index contributed by atoms with van der Waals surface area (Å²) in [5.74, 6) is 0.529. The number of aliphatic hydroxyl groups is 1. The Kier molecular flexibility index (Phi) is 6.51. The zero-order chi connectivity index (χ0) is 28.3. The van der Waals surface area contributed by atoms with E-state index < -0.39 is 5.60 Å². The van der Waals surface area contributed by atoms with Gasteiger partial charge in [0.25, 0.3) is 0 Å². The predicted octanol–water partition coefficient (Wildman–Crippen LogP) is 6.03. The van der Waals surface area contributed by atoms with Crippen molar-refractivity contribution in [1.82, 2.24) is 19.8 Å². The van der Waals surface area contributed by atoms with E-state index in [1.54, 1.807) is 0 Å². The first-order valence-electron chi connectivity index (χ1n) is 16.2. The summed E-state index contributed by atoms with van der Waals surface area (Å²) < 4.78 is 0. The van der Waals surface area contributed by atoms with Gasteiger partial charge in [0.1, 0.15) is 0 Å². The number of benzene rings is 1. The number of piperidine rings is 1. The molecule has 4 aliphatic heterocycles. The van der Waals surface area contributed by atoms with Crippen LogP contribution in [0, 0.1) is 11.3 Å². The Bertz CT molecular complexity index is 1620. The fourth-order valence-corrected chi connectivity index (χ4v) is 9.51. The number of carbonyl (C=O) groups excluding carboxylic acids is 1. The molecule has 6 atom stereocenters. The van der Waals surface area contributed by atoms with Crippen LogP contribution in [-0.4, -0.2) is 74.5 Å². The lowest BCUT2D eigenvalue weighted by molar-refractivity contribution is -0.115. The predicted molar refractivity (Wildman–Crippen MR) is 168 cm³/mol. The standard InChI is InChI=1S/C36H42N4O2/c41-26-10-9-20-40-25(13-14-26)22-35-24-39-19-8-4-2-1-3-7-17-36(42,34(35)40)23-29(30(35)16-21-39)32-33-28(15-18-37-32)27-11-5-6-12-31(27)38-33/h1,3,5-6,11-15,18,23,25,30,34,38,42H,2,4,7-10,16-17,19-22,24H2. The number of carbonyl (C=O) groups is 1. The Labute approximate surface area is 248 Å². The molecule has 8 rings (SSSR count). The highest BCUT2D eigenvalue weighted by atomic mass is 16.3. The first-order valence-corrected chi connectivity index (χ1v) is 16.2. The van der Waals surface area contributed by atoms with E-state index in [2.05, 4.69) is 69.4 Å². The van der Waals surface area contributed by atoms with Crippen LogP contribution in [-0.2, 0) is 4.79 Å². The topological polar surface area (TPSA) is 72.5 Å². The number of nitrogens with zero attached hydrogens (tertiary/aromatic N) is 3. The van der Waals surface area contributed by atoms with Gasteiger partial charge in [0.15, 0.2) is 5.78 Å². The summed E-state index contributed by atoms with van der Waals surface area (Å²) in [6, 6.07) is 10.8. The van der Waals surface area contributed by atoms with Gasteiger partial charge < -0.3 is 15.0 Å². The number of H-pyrrole nitrogens is 1. The number of allylic oxidation sites excluding steroid dienone is 4. The highest BCUT2D eigenvalue weighted by Crippen LogP contribution is 2.61. The first kappa shape index (κ1) is 26.6. The molecule has 3 aromatic rings. The molecule has 2 fully saturated rings. The number of rotatable bonds is 1. The molecule has 3 bridgehead atoms. The summed E-state index contributed by atoms with van der Waals surface area (Å²) in [6.45, 7) is 4.04. The first-order chi connectivity index (χ1) is 20.6. The number of hydrogen-bond donors (Lipinski definition) is 2. The van der Waals surface area contributed by atoms with Gasteiger partial charge in [-0.3, -0.25) is 14.7 Å². The minimum atomic E-state index is -0.991. The molecule has 6 unspecified atom stereocenters. The molecule has 218 valence electrons. The van der Waals surface area contributed by atoms with Crippen LogP contribution in [0.1, 0.15) is 63.5 Å². The number of aromatic amines is 1. The Morgan fingerprint density at radius 1 is 1.00 bits per heavy atom. The molecule has 1 spiro atoms. The summed E-state index contributed by atoms with van der Waals surface area (Å²) >= 11 is 0. The zero-order valence-electron chi connectivity index (χ0n) is 24.5. The molecule has 1 aliphatic carbocycles. The second-order valence-electron chi connectivity index (χ2n) is 13.5. The van der Waals surface area contributed by atoms with Gasteiger partial charge in [0.2, 0.25) is 0 Å². The second-order valence-corrected chi connectivity index (χ2v) is 13.5. The minimum absolute atomic E-state index is 0.0143. The Hall–Kier alpha value is -3.06. The number of fused-ring (bicyclic) bond motifs is 5. The molecular weight excluding hydrogens is 520 g/mol. The van der Waals surface area contributed by atoms with Crippen molar-refractivity contribution in [3.8, 4) is 0 Å². The van der Waals surface area contributed by atoms with E-state index in [-0.39, 0.29) is 23.3 Å². The Morgan fingerprint density at radius 3 is 2.86 bits per heavy atom. The third-order valence-electron chi connectivity index (χ3n) is 11.1. The Balaban J connectivity index is 1.34. The zero-order valence-corrected chi connectivity index (χ0v) is 24.5. The van der Waals surface area contributed by atoms with Gasteiger partial charge in [-0.1, -0.05) is 36.4 Å². The average Bonchev–Trinajstić information content (AvgIpc) is 3.51. The van der Waals surface area contributed by atoms with E-state index in [1.165, 1.54) is 29.2 Å². The molecular formula is C36H42N4O2. The van der Waals surface area contributed by atoms with Crippen LogP contribution in [0.3, 0.4) is 0 Å². The lowest BCUT2D eigenvalue weighted by Crippen LogP contribution is -2.65. The number of hydrogen-bond acceptors (Lipinski definition) is 5. The number of para-hydroxylation sites is 1. The monoisotopic (exact) mass is 562 g/mol. The van der Waals surface area contributed by atoms with Gasteiger partial charge >= 0.3 is 0 Å². The van der Waals surface area contributed by atoms with Gasteiger partial charge in [-0.15, -0.1) is 0 Å². The lowest BCUT2D eigenvalue weighted by Gasteiger charge is -2.58. The summed E-state index contributed by atoms with van der Waals surface area (Å²) in [4.78, 5) is 26.6. The van der Waals surface area contributed by atoms with Crippen molar-refractivity contribution in [3.05, 3.63) is 72.6 Å². The summed E-state index contributed by atoms with van der Waals surface area (Å²) in [5.41, 5.74) is 3.32. The smallest absolute Gasteiger partial charge is 0.155 e. The molecule has 5 aliphatic rings. The summed E-state index contributed by atoms with van der Waals surface area (Å²) in [5, 5.41) is 15.5. The van der Waals surface area contributed by atoms with Crippen molar-refractivity contribution in [1.29, 1.82) is 0 Å². The third kappa shape index (κ3) is 4.17. The highest BCUT2D eigenvalue weighted by Gasteiger charge is 2.65. The molecule has 2 saturated heterocycles. The number of aromatic nitrogens is 2. The normalized spacial score (nSPS) is 35.5. The van der Waals surface area contributed by atoms with Gasteiger partial charge in [-0.2, -0.15) is 0 Å². The number of nitrogens with one attached hydrogen (secondary N) is 1. The van der Waals surface area contributed by atoms with Crippen molar-refractivity contribution >= 4 is 33.2 Å². The molecule has 6 heteroatoms. The molecule has 42 heavy (non-hydrogen) atoms. The van der Waals surface area contributed by atoms with Gasteiger partial charge in [0, 0.05) is 46.9 Å². The van der Waals surface area contributed by atoms with Crippen LogP contribution in [0.5, 0.6) is 0 Å². The SMILES string of the molecule is O=C1C=CC2CC34CN5CCCCC=CCCC(O)(C=C(c6nccc7c6[nH]c6ccccc67)C3CC5)C4N2CCC1. The summed E-state index contributed by atoms with van der Waals surface area (Å²) in [6.07, 6.45) is 21.4. The molecule has 6 heterocycles. The summed E-state index contributed by atoms with van der Waals surface area (Å²) in [7, 11) is 0. The van der Waals surface area contributed by atoms with E-state index in [1.807, 2.05) is 12.3 Å². The molecule has 2 aromatic heterocycles. The van der Waals surface area contributed by atoms with Crippen LogP contribution in [0.4, 0.5) is 0 Å². The van der Waals surface area contributed by atoms with Crippen molar-refractivity contribution in [2.45, 2.75) is 75.5 Å². The fraction of sp³-hybridized carbons (Fsp3) is 0.500. The van der Waals surface area contributed by atoms with E-state index in [0.717, 1.165) is 75.0 Å². The van der Waals surface area contributed by atoms with Crippen molar-refractivity contribution in [2.24, 2.45) is 11.3 Å². The van der Waals surface area contributed by atoms with Crippen molar-refractivity contribution in [3.63, 3.8) is 0 Å². The fourth-order valence-electron chi connectivity index (χ4n) is 9.51. The minimum Gasteiger partial charge on any atom is -0.384 e. The molecule has 0 amide bonds. The van der Waals surface area contributed by atoms with E-state index in [0.29, 0.717) is 18.8 Å². The number of ketones is 1. The third-order valence-corrected chi connectivity index (χ3v) is 11.1. The van der Waals surface area contributed by atoms with Crippen molar-refractivity contribution in [2.75, 3.05) is 26.2 Å². The highest BCUT2D eigenvalue weighted by molar-refractivity contribution is 6.09. The largest absolute Gasteiger partial charge is 0.384 e. The van der Waals surface area contributed by atoms with Crippen LogP contribution in [0.15, 0.2) is 66.9 Å². The lowest BCUT2D eigenvalue weighted by atomic mass is 9.54. The molecule has 0 saturated carbocycles. The maximum atomic E-state index is 13.0. The van der Waals surface area contributed by atoms with Gasteiger partial charge in [0.05, 0.1) is 22.9 Å². The van der Waals surface area contributed by atoms with Crippen LogP contribution in [0.2, 0.25) is 0 Å². The molecule has 1 aromatic carbocycles. The van der Waals surface area contributed by atoms with Crippen LogP contribution in [0.25, 0.3) is 27.4 Å². The maximum Gasteiger partial charge on any atom is 0.155 e. The van der Waals surface area contributed by atoms with E-state index >= 15 is 0 Å². The quantitative estimate of drug-likeness (QED) is 0.354. The van der Waals surface area contributed by atoms with Gasteiger partial charge in [-0.05, 0) is 107 Å². The van der Waals surface area contributed by atoms with E-state index in [9.17, 15) is 9.90 Å². The Morgan fingerprint density at radius 2 is 1.90 bits per heavy atom. The molecule has 2 N–H and O–H groups in total. The maximum absolute atomic E-state index is 13.0. The van der Waals surface area contributed by atoms with Crippen LogP contribution >= 0.6 is 0 Å². The van der Waals surface area contributed by atoms with Gasteiger partial charge in [-0.25, -0.2) is 0 Å². The molecule has 0 radical (unpaired) electrons. The number of pyridine rings is 1. The second kappa shape index (κ2) is 10.3. The van der Waals surface area contributed by atoms with Crippen molar-refractivity contribution < 1.29 is 9.90 Å². The molecule has 6 nitrogen and oxygen atoms in total. The average molecular weight is 563 g/mol. The van der Waals surface area contributed by atoms with Crippen LogP contribution < -0.4 is 0 Å². The van der Waals surface area contributed by atoms with E-state index in [4.69, 9.17) is 4.98 Å².